The Balaban J connectivity index is 2.77. The van der Waals surface area contributed by atoms with Crippen molar-refractivity contribution >= 4 is 21.6 Å². The van der Waals surface area contributed by atoms with E-state index in [1.165, 1.54) is 12.1 Å². The molecule has 1 N–H and O–H groups in total. The molecule has 0 bridgehead atoms. The fraction of sp³-hybridized carbons (Fsp3) is 0.571. The van der Waals surface area contributed by atoms with Gasteiger partial charge >= 0.3 is 0 Å². The molecular weight excluding hydrogens is 278 g/mol. The first-order valence-electron chi connectivity index (χ1n) is 6.10. The highest BCUT2D eigenvalue weighted by atomic mass is 79.9. The summed E-state index contributed by atoms with van der Waals surface area (Å²) in [5, 5.41) is 9.52. The number of rotatable bonds is 5. The summed E-state index contributed by atoms with van der Waals surface area (Å²) < 4.78 is 1.04. The van der Waals surface area contributed by atoms with Crippen molar-refractivity contribution in [3.8, 4) is 0 Å². The van der Waals surface area contributed by atoms with E-state index in [9.17, 15) is 5.11 Å². The van der Waals surface area contributed by atoms with Gasteiger partial charge in [-0.15, -0.1) is 0 Å². The fourth-order valence-corrected chi connectivity index (χ4v) is 2.36. The molecule has 0 aromatic heterocycles. The van der Waals surface area contributed by atoms with Crippen LogP contribution in [0.1, 0.15) is 38.9 Å². The van der Waals surface area contributed by atoms with Gasteiger partial charge in [0.15, 0.2) is 0 Å². The second kappa shape index (κ2) is 6.41. The predicted molar refractivity (Wildman–Crippen MR) is 77.5 cm³/mol. The highest BCUT2D eigenvalue weighted by Crippen LogP contribution is 2.29. The summed E-state index contributed by atoms with van der Waals surface area (Å²) in [6, 6.07) is 6.04. The van der Waals surface area contributed by atoms with E-state index >= 15 is 0 Å². The quantitative estimate of drug-likeness (QED) is 0.889. The predicted octanol–water partition coefficient (Wildman–Crippen LogP) is 3.98. The van der Waals surface area contributed by atoms with Gasteiger partial charge in [-0.05, 0) is 52.9 Å². The maximum absolute atomic E-state index is 9.52. The van der Waals surface area contributed by atoms with Crippen LogP contribution in [0.5, 0.6) is 0 Å². The molecule has 0 aliphatic rings. The molecule has 0 unspecified atom stereocenters. The minimum atomic E-state index is -0.415. The van der Waals surface area contributed by atoms with Gasteiger partial charge in [-0.3, -0.25) is 0 Å². The Bertz CT molecular complexity index is 363. The van der Waals surface area contributed by atoms with Crippen molar-refractivity contribution in [2.45, 2.75) is 33.3 Å². The lowest BCUT2D eigenvalue weighted by molar-refractivity contribution is 0.199. The van der Waals surface area contributed by atoms with Crippen LogP contribution < -0.4 is 4.90 Å². The standard InChI is InChI=1S/C14H22BrNO/c1-10(2)7-8-16(4)14-6-5-12(11(3)17)9-13(14)15/h5-6,9-11,17H,7-8H2,1-4H3/t11-/m1/s1. The summed E-state index contributed by atoms with van der Waals surface area (Å²) in [6.45, 7) is 7.30. The summed E-state index contributed by atoms with van der Waals surface area (Å²) in [6.07, 6.45) is 0.766. The van der Waals surface area contributed by atoms with Gasteiger partial charge in [-0.1, -0.05) is 19.9 Å². The van der Waals surface area contributed by atoms with E-state index in [1.807, 2.05) is 12.1 Å². The minimum absolute atomic E-state index is 0.415. The molecule has 96 valence electrons. The Morgan fingerprint density at radius 1 is 1.29 bits per heavy atom. The summed E-state index contributed by atoms with van der Waals surface area (Å²) in [7, 11) is 2.10. The van der Waals surface area contributed by atoms with E-state index in [-0.39, 0.29) is 0 Å². The SMILES string of the molecule is CC(C)CCN(C)c1ccc([C@@H](C)O)cc1Br. The zero-order chi connectivity index (χ0) is 13.0. The second-order valence-corrected chi connectivity index (χ2v) is 5.85. The van der Waals surface area contributed by atoms with E-state index in [1.54, 1.807) is 6.92 Å². The van der Waals surface area contributed by atoms with Crippen LogP contribution in [0.4, 0.5) is 5.69 Å². The van der Waals surface area contributed by atoms with Crippen LogP contribution in [-0.4, -0.2) is 18.7 Å². The lowest BCUT2D eigenvalue weighted by Gasteiger charge is -2.22. The van der Waals surface area contributed by atoms with Crippen molar-refractivity contribution < 1.29 is 5.11 Å². The molecule has 1 aromatic rings. The normalized spacial score (nSPS) is 12.9. The second-order valence-electron chi connectivity index (χ2n) is 4.99. The number of anilines is 1. The molecule has 0 heterocycles. The van der Waals surface area contributed by atoms with Crippen LogP contribution in [-0.2, 0) is 0 Å². The van der Waals surface area contributed by atoms with Gasteiger partial charge in [0, 0.05) is 18.1 Å². The first-order valence-corrected chi connectivity index (χ1v) is 6.89. The molecule has 0 spiro atoms. The number of nitrogens with zero attached hydrogens (tertiary/aromatic N) is 1. The molecule has 3 heteroatoms. The average molecular weight is 300 g/mol. The van der Waals surface area contributed by atoms with Crippen LogP contribution in [0.3, 0.4) is 0 Å². The van der Waals surface area contributed by atoms with E-state index in [0.717, 1.165) is 16.6 Å². The molecule has 0 amide bonds. The maximum Gasteiger partial charge on any atom is 0.0762 e. The van der Waals surface area contributed by atoms with Crippen LogP contribution in [0.25, 0.3) is 0 Å². The van der Waals surface area contributed by atoms with Crippen molar-refractivity contribution in [2.24, 2.45) is 5.92 Å². The van der Waals surface area contributed by atoms with Gasteiger partial charge in [0.05, 0.1) is 11.8 Å². The molecular formula is C14H22BrNO. The van der Waals surface area contributed by atoms with Crippen LogP contribution >= 0.6 is 15.9 Å². The van der Waals surface area contributed by atoms with Crippen molar-refractivity contribution in [1.29, 1.82) is 0 Å². The van der Waals surface area contributed by atoms with Crippen molar-refractivity contribution in [3.63, 3.8) is 0 Å². The monoisotopic (exact) mass is 299 g/mol. The van der Waals surface area contributed by atoms with E-state index < -0.39 is 6.10 Å². The van der Waals surface area contributed by atoms with Gasteiger partial charge in [-0.2, -0.15) is 0 Å². The largest absolute Gasteiger partial charge is 0.389 e. The maximum atomic E-state index is 9.52. The third kappa shape index (κ3) is 4.32. The summed E-state index contributed by atoms with van der Waals surface area (Å²) in [5.74, 6) is 0.716. The Hall–Kier alpha value is -0.540. The molecule has 0 fully saturated rings. The Morgan fingerprint density at radius 2 is 1.94 bits per heavy atom. The number of halogens is 1. The smallest absolute Gasteiger partial charge is 0.0762 e. The summed E-state index contributed by atoms with van der Waals surface area (Å²) in [4.78, 5) is 2.25. The zero-order valence-corrected chi connectivity index (χ0v) is 12.7. The van der Waals surface area contributed by atoms with Crippen LogP contribution in [0, 0.1) is 5.92 Å². The Kier molecular flexibility index (Phi) is 5.47. The lowest BCUT2D eigenvalue weighted by Crippen LogP contribution is -2.20. The topological polar surface area (TPSA) is 23.5 Å². The van der Waals surface area contributed by atoms with Gasteiger partial charge < -0.3 is 10.0 Å². The summed E-state index contributed by atoms with van der Waals surface area (Å²) in [5.41, 5.74) is 2.12. The van der Waals surface area contributed by atoms with E-state index in [2.05, 4.69) is 47.8 Å². The number of hydrogen-bond donors (Lipinski definition) is 1. The van der Waals surface area contributed by atoms with Crippen LogP contribution in [0.15, 0.2) is 22.7 Å². The number of aliphatic hydroxyl groups is 1. The van der Waals surface area contributed by atoms with E-state index in [4.69, 9.17) is 0 Å². The number of benzene rings is 1. The zero-order valence-electron chi connectivity index (χ0n) is 11.1. The first-order chi connectivity index (χ1) is 7.91. The van der Waals surface area contributed by atoms with Crippen molar-refractivity contribution in [2.75, 3.05) is 18.5 Å². The molecule has 0 saturated carbocycles. The first kappa shape index (κ1) is 14.5. The average Bonchev–Trinajstić information content (AvgIpc) is 2.25. The lowest BCUT2D eigenvalue weighted by atomic mass is 10.1. The molecule has 1 rings (SSSR count). The minimum Gasteiger partial charge on any atom is -0.389 e. The van der Waals surface area contributed by atoms with Gasteiger partial charge in [0.2, 0.25) is 0 Å². The summed E-state index contributed by atoms with van der Waals surface area (Å²) >= 11 is 3.57. The van der Waals surface area contributed by atoms with E-state index in [0.29, 0.717) is 5.92 Å². The number of hydrogen-bond acceptors (Lipinski definition) is 2. The third-order valence-corrected chi connectivity index (χ3v) is 3.54. The molecule has 0 aliphatic carbocycles. The van der Waals surface area contributed by atoms with Crippen LogP contribution in [0.2, 0.25) is 0 Å². The van der Waals surface area contributed by atoms with Gasteiger partial charge in [0.1, 0.15) is 0 Å². The molecule has 1 aromatic carbocycles. The molecule has 1 atom stereocenters. The highest BCUT2D eigenvalue weighted by molar-refractivity contribution is 9.10. The molecule has 17 heavy (non-hydrogen) atoms. The van der Waals surface area contributed by atoms with Crippen molar-refractivity contribution in [3.05, 3.63) is 28.2 Å². The van der Waals surface area contributed by atoms with Crippen molar-refractivity contribution in [1.82, 2.24) is 0 Å². The molecule has 0 aliphatic heterocycles. The number of aliphatic hydroxyl groups excluding tert-OH is 1. The molecule has 0 saturated heterocycles. The third-order valence-electron chi connectivity index (χ3n) is 2.91. The Labute approximate surface area is 113 Å². The molecule has 0 radical (unpaired) electrons. The van der Waals surface area contributed by atoms with Gasteiger partial charge in [-0.25, -0.2) is 0 Å². The fourth-order valence-electron chi connectivity index (χ4n) is 1.66. The highest BCUT2D eigenvalue weighted by Gasteiger charge is 2.09. The Morgan fingerprint density at radius 3 is 2.41 bits per heavy atom. The van der Waals surface area contributed by atoms with Gasteiger partial charge in [0.25, 0.3) is 0 Å². The molecule has 2 nitrogen and oxygen atoms in total.